The molecular weight excluding hydrogens is 364 g/mol. The van der Waals surface area contributed by atoms with Crippen molar-refractivity contribution < 1.29 is 17.9 Å². The van der Waals surface area contributed by atoms with Crippen molar-refractivity contribution in [2.75, 3.05) is 17.9 Å². The average Bonchev–Trinajstić information content (AvgIpc) is 2.59. The first-order valence-electron chi connectivity index (χ1n) is 8.91. The third-order valence-electron chi connectivity index (χ3n) is 3.83. The first kappa shape index (κ1) is 20.8. The van der Waals surface area contributed by atoms with Gasteiger partial charge in [0.05, 0.1) is 4.90 Å². The molecule has 0 bridgehead atoms. The Morgan fingerprint density at radius 3 is 2.26 bits per heavy atom. The number of aryl methyl sites for hydroxylation is 2. The van der Waals surface area contributed by atoms with E-state index in [0.29, 0.717) is 18.0 Å². The van der Waals surface area contributed by atoms with Crippen molar-refractivity contribution in [2.45, 2.75) is 38.5 Å². The SMILES string of the molecule is CCCCNC(=O)COc1ccc(S(=O)(=O)Nc2cc(C)cc(C)c2)cc1. The van der Waals surface area contributed by atoms with Crippen LogP contribution in [0.1, 0.15) is 30.9 Å². The minimum atomic E-state index is -3.69. The number of rotatable bonds is 9. The molecule has 0 radical (unpaired) electrons. The van der Waals surface area contributed by atoms with Gasteiger partial charge in [0, 0.05) is 12.2 Å². The van der Waals surface area contributed by atoms with E-state index in [1.807, 2.05) is 26.8 Å². The molecule has 2 aromatic rings. The summed E-state index contributed by atoms with van der Waals surface area (Å²) in [4.78, 5) is 11.8. The number of unbranched alkanes of at least 4 members (excludes halogenated alkanes) is 1. The van der Waals surface area contributed by atoms with Gasteiger partial charge in [-0.3, -0.25) is 9.52 Å². The second-order valence-electron chi connectivity index (χ2n) is 6.45. The minimum Gasteiger partial charge on any atom is -0.484 e. The number of nitrogens with one attached hydrogen (secondary N) is 2. The van der Waals surface area contributed by atoms with E-state index in [4.69, 9.17) is 4.74 Å². The van der Waals surface area contributed by atoms with Gasteiger partial charge in [-0.25, -0.2) is 8.42 Å². The van der Waals surface area contributed by atoms with Crippen LogP contribution in [0.5, 0.6) is 5.75 Å². The number of hydrogen-bond acceptors (Lipinski definition) is 4. The molecule has 0 aliphatic carbocycles. The predicted molar refractivity (Wildman–Crippen MR) is 107 cm³/mol. The van der Waals surface area contributed by atoms with E-state index in [0.717, 1.165) is 24.0 Å². The van der Waals surface area contributed by atoms with E-state index < -0.39 is 10.0 Å². The fourth-order valence-corrected chi connectivity index (χ4v) is 3.61. The highest BCUT2D eigenvalue weighted by molar-refractivity contribution is 7.92. The lowest BCUT2D eigenvalue weighted by atomic mass is 10.1. The molecule has 1 amide bonds. The van der Waals surface area contributed by atoms with Crippen molar-refractivity contribution >= 4 is 21.6 Å². The van der Waals surface area contributed by atoms with Crippen LogP contribution in [0.25, 0.3) is 0 Å². The predicted octanol–water partition coefficient (Wildman–Crippen LogP) is 3.40. The van der Waals surface area contributed by atoms with E-state index in [2.05, 4.69) is 10.0 Å². The van der Waals surface area contributed by atoms with Gasteiger partial charge in [0.1, 0.15) is 5.75 Å². The highest BCUT2D eigenvalue weighted by atomic mass is 32.2. The van der Waals surface area contributed by atoms with Crippen molar-refractivity contribution in [3.8, 4) is 5.75 Å². The van der Waals surface area contributed by atoms with Crippen LogP contribution in [0, 0.1) is 13.8 Å². The van der Waals surface area contributed by atoms with Crippen LogP contribution in [0.3, 0.4) is 0 Å². The van der Waals surface area contributed by atoms with E-state index in [1.165, 1.54) is 24.3 Å². The van der Waals surface area contributed by atoms with Crippen molar-refractivity contribution in [3.63, 3.8) is 0 Å². The summed E-state index contributed by atoms with van der Waals surface area (Å²) in [5.41, 5.74) is 2.49. The molecule has 2 rings (SSSR count). The van der Waals surface area contributed by atoms with Crippen LogP contribution < -0.4 is 14.8 Å². The molecule has 0 atom stereocenters. The third kappa shape index (κ3) is 6.60. The van der Waals surface area contributed by atoms with Crippen LogP contribution in [0.15, 0.2) is 47.4 Å². The van der Waals surface area contributed by atoms with E-state index in [9.17, 15) is 13.2 Å². The molecule has 0 aliphatic heterocycles. The maximum atomic E-state index is 12.5. The number of ether oxygens (including phenoxy) is 1. The Balaban J connectivity index is 1.97. The summed E-state index contributed by atoms with van der Waals surface area (Å²) < 4.78 is 33.0. The summed E-state index contributed by atoms with van der Waals surface area (Å²) in [5, 5.41) is 2.76. The summed E-state index contributed by atoms with van der Waals surface area (Å²) >= 11 is 0. The molecule has 0 aromatic heterocycles. The van der Waals surface area contributed by atoms with Crippen LogP contribution >= 0.6 is 0 Å². The van der Waals surface area contributed by atoms with E-state index in [-0.39, 0.29) is 17.4 Å². The molecule has 0 fully saturated rings. The number of hydrogen-bond donors (Lipinski definition) is 2. The number of benzene rings is 2. The molecule has 0 spiro atoms. The van der Waals surface area contributed by atoms with Crippen molar-refractivity contribution in [1.82, 2.24) is 5.32 Å². The van der Waals surface area contributed by atoms with Crippen LogP contribution in [0.2, 0.25) is 0 Å². The zero-order chi connectivity index (χ0) is 19.9. The summed E-state index contributed by atoms with van der Waals surface area (Å²) in [6, 6.07) is 11.5. The number of amides is 1. The highest BCUT2D eigenvalue weighted by Crippen LogP contribution is 2.21. The van der Waals surface area contributed by atoms with E-state index >= 15 is 0 Å². The van der Waals surface area contributed by atoms with Crippen LogP contribution in [-0.4, -0.2) is 27.5 Å². The average molecular weight is 391 g/mol. The van der Waals surface area contributed by atoms with Gasteiger partial charge in [0.25, 0.3) is 15.9 Å². The Labute approximate surface area is 161 Å². The Bertz CT molecular complexity index is 857. The Kier molecular flexibility index (Phi) is 7.24. The molecule has 0 heterocycles. The minimum absolute atomic E-state index is 0.101. The Morgan fingerprint density at radius 1 is 1.04 bits per heavy atom. The third-order valence-corrected chi connectivity index (χ3v) is 5.23. The number of carbonyl (C=O) groups is 1. The van der Waals surface area contributed by atoms with Gasteiger partial charge in [-0.05, 0) is 67.8 Å². The van der Waals surface area contributed by atoms with Gasteiger partial charge in [-0.1, -0.05) is 19.4 Å². The van der Waals surface area contributed by atoms with Gasteiger partial charge in [-0.15, -0.1) is 0 Å². The molecule has 7 heteroatoms. The first-order valence-corrected chi connectivity index (χ1v) is 10.4. The zero-order valence-electron chi connectivity index (χ0n) is 15.9. The van der Waals surface area contributed by atoms with Gasteiger partial charge < -0.3 is 10.1 Å². The quantitative estimate of drug-likeness (QED) is 0.643. The standard InChI is InChI=1S/C20H26N2O4S/c1-4-5-10-21-20(23)14-26-18-6-8-19(9-7-18)27(24,25)22-17-12-15(2)11-16(3)13-17/h6-9,11-13,22H,4-5,10,14H2,1-3H3,(H,21,23). The maximum absolute atomic E-state index is 12.5. The summed E-state index contributed by atoms with van der Waals surface area (Å²) in [6.45, 7) is 6.40. The highest BCUT2D eigenvalue weighted by Gasteiger charge is 2.15. The molecule has 0 saturated heterocycles. The summed E-state index contributed by atoms with van der Waals surface area (Å²) in [5.74, 6) is 0.239. The number of carbonyl (C=O) groups excluding carboxylic acids is 1. The maximum Gasteiger partial charge on any atom is 0.261 e. The molecular formula is C20H26N2O4S. The lowest BCUT2D eigenvalue weighted by Crippen LogP contribution is -2.29. The first-order chi connectivity index (χ1) is 12.8. The van der Waals surface area contributed by atoms with Crippen molar-refractivity contribution in [2.24, 2.45) is 0 Å². The van der Waals surface area contributed by atoms with Crippen molar-refractivity contribution in [1.29, 1.82) is 0 Å². The monoisotopic (exact) mass is 390 g/mol. The van der Waals surface area contributed by atoms with Gasteiger partial charge in [0.2, 0.25) is 0 Å². The molecule has 2 N–H and O–H groups in total. The molecule has 0 saturated carbocycles. The topological polar surface area (TPSA) is 84.5 Å². The molecule has 6 nitrogen and oxygen atoms in total. The van der Waals surface area contributed by atoms with Crippen molar-refractivity contribution in [3.05, 3.63) is 53.6 Å². The Morgan fingerprint density at radius 2 is 1.67 bits per heavy atom. The molecule has 0 unspecified atom stereocenters. The molecule has 0 aliphatic rings. The van der Waals surface area contributed by atoms with Gasteiger partial charge >= 0.3 is 0 Å². The Hall–Kier alpha value is -2.54. The van der Waals surface area contributed by atoms with Crippen LogP contribution in [-0.2, 0) is 14.8 Å². The van der Waals surface area contributed by atoms with E-state index in [1.54, 1.807) is 12.1 Å². The fourth-order valence-electron chi connectivity index (χ4n) is 2.57. The van der Waals surface area contributed by atoms with Crippen LogP contribution in [0.4, 0.5) is 5.69 Å². The molecule has 2 aromatic carbocycles. The van der Waals surface area contributed by atoms with Gasteiger partial charge in [-0.2, -0.15) is 0 Å². The molecule has 27 heavy (non-hydrogen) atoms. The number of anilines is 1. The summed E-state index contributed by atoms with van der Waals surface area (Å²) in [6.07, 6.45) is 1.93. The summed E-state index contributed by atoms with van der Waals surface area (Å²) in [7, 11) is -3.69. The smallest absolute Gasteiger partial charge is 0.261 e. The lowest BCUT2D eigenvalue weighted by Gasteiger charge is -2.11. The zero-order valence-corrected chi connectivity index (χ0v) is 16.7. The lowest BCUT2D eigenvalue weighted by molar-refractivity contribution is -0.123. The largest absolute Gasteiger partial charge is 0.484 e. The second-order valence-corrected chi connectivity index (χ2v) is 8.13. The normalized spacial score (nSPS) is 11.1. The fraction of sp³-hybridized carbons (Fsp3) is 0.350. The van der Waals surface area contributed by atoms with Gasteiger partial charge in [0.15, 0.2) is 6.61 Å². The number of sulfonamides is 1. The molecule has 146 valence electrons. The second kappa shape index (κ2) is 9.41.